The molecule has 2 saturated heterocycles. The van der Waals surface area contributed by atoms with Gasteiger partial charge < -0.3 is 9.64 Å². The molecule has 3 fully saturated rings. The summed E-state index contributed by atoms with van der Waals surface area (Å²) in [5.74, 6) is -1.08. The molecule has 1 aliphatic carbocycles. The van der Waals surface area contributed by atoms with Gasteiger partial charge in [0, 0.05) is 18.7 Å². The predicted molar refractivity (Wildman–Crippen MR) is 126 cm³/mol. The van der Waals surface area contributed by atoms with Gasteiger partial charge in [-0.05, 0) is 74.1 Å². The van der Waals surface area contributed by atoms with Crippen LogP contribution in [0.4, 0.5) is 11.4 Å². The van der Waals surface area contributed by atoms with Gasteiger partial charge in [0.15, 0.2) is 0 Å². The molecule has 7 heteroatoms. The summed E-state index contributed by atoms with van der Waals surface area (Å²) in [5, 5.41) is 0. The minimum Gasteiger partial charge on any atom is -0.426 e. The Kier molecular flexibility index (Phi) is 5.71. The number of rotatable bonds is 4. The lowest BCUT2D eigenvalue weighted by Gasteiger charge is -2.25. The van der Waals surface area contributed by atoms with Crippen molar-refractivity contribution >= 4 is 35.1 Å². The van der Waals surface area contributed by atoms with Gasteiger partial charge in [0.25, 0.3) is 0 Å². The second kappa shape index (κ2) is 8.70. The fourth-order valence-electron chi connectivity index (χ4n) is 5.42. The molecular formula is C27H28N2O5. The molecule has 2 aromatic carbocycles. The Labute approximate surface area is 198 Å². The van der Waals surface area contributed by atoms with E-state index in [1.54, 1.807) is 29.2 Å². The molecule has 2 aliphatic heterocycles. The standard InChI is InChI=1S/C27H28N2O5/c1-16-4-3-5-20(12-16)28-15-18(14-24(28)30)27(33)34-21-9-7-19(8-10-21)29-25(31)22-11-6-17(2)13-23(22)26(29)32/h3-5,7-10,12,17-18,22-23H,6,11,13-15H2,1-2H3/t17-,18-,22-,23-/m1/s1. The van der Waals surface area contributed by atoms with Gasteiger partial charge in [0.05, 0.1) is 23.4 Å². The Hall–Kier alpha value is -3.48. The average molecular weight is 461 g/mol. The van der Waals surface area contributed by atoms with Gasteiger partial charge in [-0.25, -0.2) is 0 Å². The van der Waals surface area contributed by atoms with Crippen molar-refractivity contribution in [1.29, 1.82) is 0 Å². The number of anilines is 2. The van der Waals surface area contributed by atoms with Crippen molar-refractivity contribution in [3.05, 3.63) is 54.1 Å². The van der Waals surface area contributed by atoms with Crippen LogP contribution in [-0.2, 0) is 19.2 Å². The first-order valence-electron chi connectivity index (χ1n) is 11.9. The Morgan fingerprint density at radius 2 is 1.68 bits per heavy atom. The predicted octanol–water partition coefficient (Wildman–Crippen LogP) is 3.88. The van der Waals surface area contributed by atoms with Crippen LogP contribution in [0.1, 0.15) is 38.2 Å². The Morgan fingerprint density at radius 3 is 2.41 bits per heavy atom. The lowest BCUT2D eigenvalue weighted by molar-refractivity contribution is -0.139. The number of imide groups is 1. The van der Waals surface area contributed by atoms with Crippen molar-refractivity contribution in [2.24, 2.45) is 23.7 Å². The number of carbonyl (C=O) groups excluding carboxylic acids is 4. The van der Waals surface area contributed by atoms with Crippen LogP contribution in [0.3, 0.4) is 0 Å². The van der Waals surface area contributed by atoms with Crippen molar-refractivity contribution in [3.8, 4) is 5.75 Å². The fraction of sp³-hybridized carbons (Fsp3) is 0.407. The lowest BCUT2D eigenvalue weighted by atomic mass is 9.76. The number of aryl methyl sites for hydroxylation is 1. The van der Waals surface area contributed by atoms with Gasteiger partial charge in [-0.3, -0.25) is 24.1 Å². The van der Waals surface area contributed by atoms with Gasteiger partial charge >= 0.3 is 5.97 Å². The van der Waals surface area contributed by atoms with E-state index in [1.165, 1.54) is 4.90 Å². The van der Waals surface area contributed by atoms with E-state index in [0.717, 1.165) is 30.5 Å². The SMILES string of the molecule is Cc1cccc(N2C[C@H](C(=O)Oc3ccc(N4C(=O)[C@@H]5CC[C@@H](C)C[C@H]5C4=O)cc3)CC2=O)c1. The second-order valence-corrected chi connectivity index (χ2v) is 9.80. The molecule has 176 valence electrons. The quantitative estimate of drug-likeness (QED) is 0.393. The molecule has 0 spiro atoms. The maximum Gasteiger partial charge on any atom is 0.316 e. The zero-order valence-electron chi connectivity index (χ0n) is 19.4. The van der Waals surface area contributed by atoms with E-state index in [4.69, 9.17) is 4.74 Å². The topological polar surface area (TPSA) is 84.0 Å². The minimum atomic E-state index is -0.556. The van der Waals surface area contributed by atoms with Crippen molar-refractivity contribution in [3.63, 3.8) is 0 Å². The molecule has 3 aliphatic rings. The largest absolute Gasteiger partial charge is 0.426 e. The van der Waals surface area contributed by atoms with Gasteiger partial charge in [0.1, 0.15) is 5.75 Å². The molecule has 34 heavy (non-hydrogen) atoms. The molecule has 4 atom stereocenters. The smallest absolute Gasteiger partial charge is 0.316 e. The van der Waals surface area contributed by atoms with Gasteiger partial charge in [-0.1, -0.05) is 19.1 Å². The molecule has 3 amide bonds. The third kappa shape index (κ3) is 4.00. The molecule has 0 radical (unpaired) electrons. The second-order valence-electron chi connectivity index (χ2n) is 9.80. The number of esters is 1. The highest BCUT2D eigenvalue weighted by molar-refractivity contribution is 6.22. The third-order valence-corrected chi connectivity index (χ3v) is 7.27. The highest BCUT2D eigenvalue weighted by Gasteiger charge is 2.50. The maximum absolute atomic E-state index is 12.9. The normalized spacial score (nSPS) is 26.7. The summed E-state index contributed by atoms with van der Waals surface area (Å²) in [6, 6.07) is 14.1. The highest BCUT2D eigenvalue weighted by Crippen LogP contribution is 2.42. The molecule has 7 nitrogen and oxygen atoms in total. The van der Waals surface area contributed by atoms with Gasteiger partial charge in [-0.15, -0.1) is 0 Å². The summed E-state index contributed by atoms with van der Waals surface area (Å²) in [4.78, 5) is 53.9. The first-order chi connectivity index (χ1) is 16.3. The van der Waals surface area contributed by atoms with Crippen LogP contribution in [-0.4, -0.2) is 30.2 Å². The summed E-state index contributed by atoms with van der Waals surface area (Å²) in [7, 11) is 0. The zero-order valence-corrected chi connectivity index (χ0v) is 19.4. The van der Waals surface area contributed by atoms with Crippen LogP contribution in [0.2, 0.25) is 0 Å². The molecule has 0 N–H and O–H groups in total. The van der Waals surface area contributed by atoms with Crippen molar-refractivity contribution in [2.45, 2.75) is 39.5 Å². The van der Waals surface area contributed by atoms with E-state index in [0.29, 0.717) is 17.4 Å². The summed E-state index contributed by atoms with van der Waals surface area (Å²) in [5.41, 5.74) is 2.32. The summed E-state index contributed by atoms with van der Waals surface area (Å²) in [6.45, 7) is 4.35. The number of amides is 3. The van der Waals surface area contributed by atoms with E-state index in [-0.39, 0.29) is 42.5 Å². The first-order valence-corrected chi connectivity index (χ1v) is 11.9. The third-order valence-electron chi connectivity index (χ3n) is 7.27. The first kappa shape index (κ1) is 22.3. The van der Waals surface area contributed by atoms with E-state index in [1.807, 2.05) is 31.2 Å². The molecular weight excluding hydrogens is 432 g/mol. The summed E-state index contributed by atoms with van der Waals surface area (Å²) >= 11 is 0. The molecule has 0 bridgehead atoms. The number of ether oxygens (including phenoxy) is 1. The van der Waals surface area contributed by atoms with Crippen LogP contribution in [0.5, 0.6) is 5.75 Å². The van der Waals surface area contributed by atoms with Crippen LogP contribution in [0.15, 0.2) is 48.5 Å². The zero-order chi connectivity index (χ0) is 24.0. The summed E-state index contributed by atoms with van der Waals surface area (Å²) in [6.07, 6.45) is 2.57. The molecule has 0 unspecified atom stereocenters. The number of hydrogen-bond donors (Lipinski definition) is 0. The Morgan fingerprint density at radius 1 is 0.941 bits per heavy atom. The fourth-order valence-corrected chi connectivity index (χ4v) is 5.42. The van der Waals surface area contributed by atoms with Crippen molar-refractivity contribution < 1.29 is 23.9 Å². The average Bonchev–Trinajstić information content (AvgIpc) is 3.32. The van der Waals surface area contributed by atoms with Crippen LogP contribution < -0.4 is 14.5 Å². The molecule has 0 aromatic heterocycles. The van der Waals surface area contributed by atoms with Crippen molar-refractivity contribution in [2.75, 3.05) is 16.3 Å². The monoisotopic (exact) mass is 460 g/mol. The molecule has 5 rings (SSSR count). The Balaban J connectivity index is 1.24. The summed E-state index contributed by atoms with van der Waals surface area (Å²) < 4.78 is 5.53. The number of carbonyl (C=O) groups is 4. The van der Waals surface area contributed by atoms with E-state index in [2.05, 4.69) is 6.92 Å². The van der Waals surface area contributed by atoms with E-state index in [9.17, 15) is 19.2 Å². The Bertz CT molecular complexity index is 1160. The number of benzene rings is 2. The van der Waals surface area contributed by atoms with E-state index >= 15 is 0 Å². The lowest BCUT2D eigenvalue weighted by Crippen LogP contribution is -2.30. The molecule has 2 heterocycles. The minimum absolute atomic E-state index is 0.100. The van der Waals surface area contributed by atoms with Crippen LogP contribution in [0.25, 0.3) is 0 Å². The van der Waals surface area contributed by atoms with Crippen LogP contribution in [0, 0.1) is 30.6 Å². The molecule has 1 saturated carbocycles. The van der Waals surface area contributed by atoms with Crippen LogP contribution >= 0.6 is 0 Å². The number of hydrogen-bond acceptors (Lipinski definition) is 5. The maximum atomic E-state index is 12.9. The highest BCUT2D eigenvalue weighted by atomic mass is 16.5. The van der Waals surface area contributed by atoms with Crippen molar-refractivity contribution in [1.82, 2.24) is 0 Å². The number of fused-ring (bicyclic) bond motifs is 1. The van der Waals surface area contributed by atoms with Gasteiger partial charge in [0.2, 0.25) is 17.7 Å². The number of nitrogens with zero attached hydrogens (tertiary/aromatic N) is 2. The van der Waals surface area contributed by atoms with E-state index < -0.39 is 11.9 Å². The molecule has 2 aromatic rings. The van der Waals surface area contributed by atoms with Gasteiger partial charge in [-0.2, -0.15) is 0 Å².